The van der Waals surface area contributed by atoms with Gasteiger partial charge in [-0.05, 0) is 18.6 Å². The SMILES string of the molecule is COc1cc(NC(=O)c2c(C)nc3c(-c4ccccc4)c(C(F)(F)F)[nH]n3c2=O)ccn1. The summed E-state index contributed by atoms with van der Waals surface area (Å²) in [5.41, 5.74) is -2.49. The Labute approximate surface area is 178 Å². The van der Waals surface area contributed by atoms with E-state index in [1.165, 1.54) is 44.5 Å². The number of anilines is 1. The molecule has 8 nitrogen and oxygen atoms in total. The lowest BCUT2D eigenvalue weighted by atomic mass is 10.1. The van der Waals surface area contributed by atoms with Crippen molar-refractivity contribution in [2.45, 2.75) is 13.1 Å². The zero-order valence-corrected chi connectivity index (χ0v) is 16.8. The van der Waals surface area contributed by atoms with Crippen molar-refractivity contribution in [3.63, 3.8) is 0 Å². The monoisotopic (exact) mass is 443 g/mol. The number of aromatic amines is 1. The molecule has 0 saturated carbocycles. The summed E-state index contributed by atoms with van der Waals surface area (Å²) in [5.74, 6) is -0.594. The van der Waals surface area contributed by atoms with Crippen LogP contribution in [-0.4, -0.2) is 32.6 Å². The average Bonchev–Trinajstić information content (AvgIpc) is 3.14. The highest BCUT2D eigenvalue weighted by molar-refractivity contribution is 6.05. The lowest BCUT2D eigenvalue weighted by molar-refractivity contribution is -0.140. The molecule has 0 unspecified atom stereocenters. The second kappa shape index (κ2) is 7.84. The van der Waals surface area contributed by atoms with Crippen molar-refractivity contribution in [1.82, 2.24) is 19.6 Å². The van der Waals surface area contributed by atoms with E-state index in [1.807, 2.05) is 0 Å². The molecule has 3 aromatic heterocycles. The molecule has 0 saturated heterocycles. The zero-order valence-electron chi connectivity index (χ0n) is 16.8. The number of aromatic nitrogens is 4. The highest BCUT2D eigenvalue weighted by atomic mass is 19.4. The van der Waals surface area contributed by atoms with Gasteiger partial charge in [0.15, 0.2) is 5.65 Å². The van der Waals surface area contributed by atoms with Gasteiger partial charge in [0.25, 0.3) is 11.5 Å². The number of hydrogen-bond donors (Lipinski definition) is 2. The Kier molecular flexibility index (Phi) is 5.17. The number of fused-ring (bicyclic) bond motifs is 1. The van der Waals surface area contributed by atoms with Crippen LogP contribution in [0.2, 0.25) is 0 Å². The lowest BCUT2D eigenvalue weighted by Gasteiger charge is -2.09. The van der Waals surface area contributed by atoms with Gasteiger partial charge in [-0.25, -0.2) is 9.97 Å². The van der Waals surface area contributed by atoms with Gasteiger partial charge in [0.05, 0.1) is 18.4 Å². The number of nitrogens with zero attached hydrogens (tertiary/aromatic N) is 3. The van der Waals surface area contributed by atoms with Gasteiger partial charge in [0.1, 0.15) is 11.3 Å². The number of H-pyrrole nitrogens is 1. The third-order valence-electron chi connectivity index (χ3n) is 4.74. The van der Waals surface area contributed by atoms with Crippen LogP contribution in [0.4, 0.5) is 18.9 Å². The number of aryl methyl sites for hydroxylation is 1. The fourth-order valence-electron chi connectivity index (χ4n) is 3.32. The van der Waals surface area contributed by atoms with Crippen LogP contribution in [0.25, 0.3) is 16.8 Å². The third kappa shape index (κ3) is 3.68. The quantitative estimate of drug-likeness (QED) is 0.501. The van der Waals surface area contributed by atoms with E-state index in [1.54, 1.807) is 18.2 Å². The first-order valence-electron chi connectivity index (χ1n) is 9.30. The Hall–Kier alpha value is -4.15. The third-order valence-corrected chi connectivity index (χ3v) is 4.74. The number of nitrogens with one attached hydrogen (secondary N) is 2. The van der Waals surface area contributed by atoms with Gasteiger partial charge < -0.3 is 10.1 Å². The van der Waals surface area contributed by atoms with Crippen LogP contribution in [0.5, 0.6) is 5.88 Å². The number of benzene rings is 1. The number of ether oxygens (including phenoxy) is 1. The van der Waals surface area contributed by atoms with E-state index in [4.69, 9.17) is 4.74 Å². The van der Waals surface area contributed by atoms with E-state index >= 15 is 0 Å². The zero-order chi connectivity index (χ0) is 23.0. The number of alkyl halides is 3. The summed E-state index contributed by atoms with van der Waals surface area (Å²) in [6.45, 7) is 1.39. The highest BCUT2D eigenvalue weighted by Crippen LogP contribution is 2.38. The summed E-state index contributed by atoms with van der Waals surface area (Å²) in [4.78, 5) is 33.9. The summed E-state index contributed by atoms with van der Waals surface area (Å²) in [5, 5.41) is 4.60. The molecule has 0 aliphatic carbocycles. The summed E-state index contributed by atoms with van der Waals surface area (Å²) in [6, 6.07) is 10.7. The maximum Gasteiger partial charge on any atom is 0.433 e. The Morgan fingerprint density at radius 1 is 1.19 bits per heavy atom. The van der Waals surface area contributed by atoms with Crippen LogP contribution in [-0.2, 0) is 6.18 Å². The van der Waals surface area contributed by atoms with Crippen molar-refractivity contribution in [2.75, 3.05) is 12.4 Å². The predicted molar refractivity (Wildman–Crippen MR) is 110 cm³/mol. The van der Waals surface area contributed by atoms with Crippen LogP contribution in [0.15, 0.2) is 53.5 Å². The summed E-state index contributed by atoms with van der Waals surface area (Å²) in [6.07, 6.45) is -3.39. The molecule has 1 amide bonds. The van der Waals surface area contributed by atoms with Gasteiger partial charge in [0.2, 0.25) is 5.88 Å². The van der Waals surface area contributed by atoms with Crippen molar-refractivity contribution >= 4 is 17.2 Å². The van der Waals surface area contributed by atoms with Gasteiger partial charge >= 0.3 is 6.18 Å². The first kappa shape index (κ1) is 21.1. The van der Waals surface area contributed by atoms with Gasteiger partial charge in [0, 0.05) is 18.0 Å². The maximum atomic E-state index is 13.8. The summed E-state index contributed by atoms with van der Waals surface area (Å²) in [7, 11) is 1.40. The molecule has 0 spiro atoms. The number of halogens is 3. The minimum atomic E-state index is -4.78. The van der Waals surface area contributed by atoms with Crippen molar-refractivity contribution in [1.29, 1.82) is 0 Å². The van der Waals surface area contributed by atoms with E-state index in [-0.39, 0.29) is 34.0 Å². The van der Waals surface area contributed by atoms with Crippen LogP contribution < -0.4 is 15.6 Å². The van der Waals surface area contributed by atoms with Gasteiger partial charge in [-0.2, -0.15) is 17.7 Å². The molecule has 0 fully saturated rings. The fourth-order valence-corrected chi connectivity index (χ4v) is 3.32. The molecule has 0 bridgehead atoms. The van der Waals surface area contributed by atoms with Crippen LogP contribution >= 0.6 is 0 Å². The highest BCUT2D eigenvalue weighted by Gasteiger charge is 2.38. The van der Waals surface area contributed by atoms with Crippen molar-refractivity contribution in [2.24, 2.45) is 0 Å². The average molecular weight is 443 g/mol. The maximum absolute atomic E-state index is 13.8. The number of carbonyl (C=O) groups is 1. The molecular formula is C21H16F3N5O3. The number of amides is 1. The summed E-state index contributed by atoms with van der Waals surface area (Å²) < 4.78 is 46.9. The number of carbonyl (C=O) groups excluding carboxylic acids is 1. The lowest BCUT2D eigenvalue weighted by Crippen LogP contribution is -2.29. The van der Waals surface area contributed by atoms with E-state index in [0.717, 1.165) is 0 Å². The van der Waals surface area contributed by atoms with E-state index in [9.17, 15) is 22.8 Å². The molecule has 0 atom stereocenters. The van der Waals surface area contributed by atoms with Crippen molar-refractivity contribution < 1.29 is 22.7 Å². The normalized spacial score (nSPS) is 11.5. The van der Waals surface area contributed by atoms with E-state index in [2.05, 4.69) is 20.4 Å². The minimum absolute atomic E-state index is 0.0153. The molecule has 4 aromatic rings. The molecule has 32 heavy (non-hydrogen) atoms. The Balaban J connectivity index is 1.88. The fraction of sp³-hybridized carbons (Fsp3) is 0.143. The standard InChI is InChI=1S/C21H16F3N5O3/c1-11-15(19(30)27-13-8-9-25-14(10-13)32-2)20(31)29-18(26-11)16(12-6-4-3-5-7-12)17(28-29)21(22,23)24/h3-10,28H,1-2H3,(H,25,27,30). The molecule has 0 radical (unpaired) electrons. The number of methoxy groups -OCH3 is 1. The molecule has 1 aromatic carbocycles. The Morgan fingerprint density at radius 3 is 2.56 bits per heavy atom. The molecule has 0 aliphatic rings. The summed E-state index contributed by atoms with van der Waals surface area (Å²) >= 11 is 0. The van der Waals surface area contributed by atoms with E-state index in [0.29, 0.717) is 4.52 Å². The molecule has 11 heteroatoms. The second-order valence-electron chi connectivity index (χ2n) is 6.80. The van der Waals surface area contributed by atoms with Gasteiger partial charge in [-0.1, -0.05) is 30.3 Å². The predicted octanol–water partition coefficient (Wildman–Crippen LogP) is 3.67. The molecular weight excluding hydrogens is 427 g/mol. The van der Waals surface area contributed by atoms with Crippen LogP contribution in [0.3, 0.4) is 0 Å². The van der Waals surface area contributed by atoms with Gasteiger partial charge in [-0.3, -0.25) is 14.7 Å². The molecule has 4 rings (SSSR count). The van der Waals surface area contributed by atoms with E-state index < -0.39 is 28.9 Å². The largest absolute Gasteiger partial charge is 0.481 e. The molecule has 3 heterocycles. The van der Waals surface area contributed by atoms with Gasteiger partial charge in [-0.15, -0.1) is 0 Å². The van der Waals surface area contributed by atoms with Crippen LogP contribution in [0.1, 0.15) is 21.7 Å². The Morgan fingerprint density at radius 2 is 1.91 bits per heavy atom. The first-order valence-corrected chi connectivity index (χ1v) is 9.30. The van der Waals surface area contributed by atoms with Crippen molar-refractivity contribution in [3.8, 4) is 17.0 Å². The number of hydrogen-bond acceptors (Lipinski definition) is 5. The van der Waals surface area contributed by atoms with Crippen LogP contribution in [0, 0.1) is 6.92 Å². The first-order chi connectivity index (χ1) is 15.2. The molecule has 0 aliphatic heterocycles. The Bertz CT molecular complexity index is 1380. The second-order valence-corrected chi connectivity index (χ2v) is 6.80. The smallest absolute Gasteiger partial charge is 0.433 e. The number of rotatable bonds is 4. The number of pyridine rings is 1. The molecule has 164 valence electrons. The van der Waals surface area contributed by atoms with Crippen molar-refractivity contribution in [3.05, 3.63) is 76.0 Å². The molecule has 2 N–H and O–H groups in total. The topological polar surface area (TPSA) is 101 Å². The minimum Gasteiger partial charge on any atom is -0.481 e.